The van der Waals surface area contributed by atoms with Crippen LogP contribution in [0, 0.1) is 0 Å². The van der Waals surface area contributed by atoms with Crippen LogP contribution in [0.4, 0.5) is 0 Å². The minimum atomic E-state index is 0.776. The van der Waals surface area contributed by atoms with Gasteiger partial charge in [-0.05, 0) is 18.2 Å². The van der Waals surface area contributed by atoms with E-state index in [1.807, 2.05) is 36.1 Å². The molecule has 0 bridgehead atoms. The normalized spacial score (nSPS) is 11.3. The van der Waals surface area contributed by atoms with E-state index in [-0.39, 0.29) is 0 Å². The molecule has 1 aromatic carbocycles. The van der Waals surface area contributed by atoms with E-state index in [2.05, 4.69) is 39.1 Å². The van der Waals surface area contributed by atoms with Crippen molar-refractivity contribution in [3.63, 3.8) is 0 Å². The number of nitrogens with zero attached hydrogens (tertiary/aromatic N) is 4. The smallest absolute Gasteiger partial charge is 0.123 e. The van der Waals surface area contributed by atoms with Gasteiger partial charge in [0.15, 0.2) is 0 Å². The molecule has 0 aliphatic rings. The van der Waals surface area contributed by atoms with Crippen LogP contribution in [0.2, 0.25) is 0 Å². The third-order valence-corrected chi connectivity index (χ3v) is 3.49. The molecular formula is C15H19N5. The van der Waals surface area contributed by atoms with Gasteiger partial charge in [-0.25, -0.2) is 4.98 Å². The first-order valence-corrected chi connectivity index (χ1v) is 6.83. The number of para-hydroxylation sites is 2. The van der Waals surface area contributed by atoms with Gasteiger partial charge in [0.25, 0.3) is 0 Å². The lowest BCUT2D eigenvalue weighted by Crippen LogP contribution is -2.19. The molecule has 3 aromatic rings. The van der Waals surface area contributed by atoms with Gasteiger partial charge in [0.05, 0.1) is 23.3 Å². The summed E-state index contributed by atoms with van der Waals surface area (Å²) in [6.45, 7) is 1.68. The predicted molar refractivity (Wildman–Crippen MR) is 79.3 cm³/mol. The second-order valence-corrected chi connectivity index (χ2v) is 4.98. The molecule has 1 N–H and O–H groups in total. The second kappa shape index (κ2) is 5.46. The number of hydrogen-bond donors (Lipinski definition) is 1. The number of imidazole rings is 1. The Morgan fingerprint density at radius 1 is 1.15 bits per heavy atom. The fourth-order valence-corrected chi connectivity index (χ4v) is 2.37. The minimum Gasteiger partial charge on any atom is -0.330 e. The lowest BCUT2D eigenvalue weighted by molar-refractivity contribution is 0.631. The summed E-state index contributed by atoms with van der Waals surface area (Å²) in [4.78, 5) is 4.64. The molecule has 0 aliphatic carbocycles. The van der Waals surface area contributed by atoms with E-state index < -0.39 is 0 Å². The maximum atomic E-state index is 4.64. The van der Waals surface area contributed by atoms with Crippen molar-refractivity contribution in [3.8, 4) is 0 Å². The molecule has 5 nitrogen and oxygen atoms in total. The van der Waals surface area contributed by atoms with E-state index in [1.54, 1.807) is 0 Å². The first-order valence-electron chi connectivity index (χ1n) is 6.83. The molecule has 0 fully saturated rings. The Hall–Kier alpha value is -2.14. The van der Waals surface area contributed by atoms with Gasteiger partial charge >= 0.3 is 0 Å². The highest BCUT2D eigenvalue weighted by Gasteiger charge is 2.06. The first kappa shape index (κ1) is 12.9. The van der Waals surface area contributed by atoms with Gasteiger partial charge in [0, 0.05) is 33.3 Å². The molecule has 0 saturated heterocycles. The van der Waals surface area contributed by atoms with Crippen molar-refractivity contribution >= 4 is 11.0 Å². The van der Waals surface area contributed by atoms with Crippen molar-refractivity contribution in [1.82, 2.24) is 24.6 Å². The van der Waals surface area contributed by atoms with Gasteiger partial charge < -0.3 is 9.88 Å². The van der Waals surface area contributed by atoms with Crippen molar-refractivity contribution in [1.29, 1.82) is 0 Å². The highest BCUT2D eigenvalue weighted by atomic mass is 15.2. The Morgan fingerprint density at radius 3 is 2.75 bits per heavy atom. The number of hydrogen-bond acceptors (Lipinski definition) is 3. The zero-order valence-electron chi connectivity index (χ0n) is 11.9. The van der Waals surface area contributed by atoms with Gasteiger partial charge in [-0.15, -0.1) is 0 Å². The summed E-state index contributed by atoms with van der Waals surface area (Å²) in [6, 6.07) is 10.3. The molecule has 0 atom stereocenters. The number of aromatic nitrogens is 4. The molecule has 2 aromatic heterocycles. The first-order chi connectivity index (χ1) is 9.74. The molecule has 0 saturated carbocycles. The summed E-state index contributed by atoms with van der Waals surface area (Å²) >= 11 is 0. The standard InChI is InChI=1S/C15H19N5/c1-19-10-8-12(18-19)7-9-16-11-15-17-13-5-3-4-6-14(13)20(15)2/h3-6,8,10,16H,7,9,11H2,1-2H3. The lowest BCUT2D eigenvalue weighted by atomic mass is 10.3. The summed E-state index contributed by atoms with van der Waals surface area (Å²) < 4.78 is 3.98. The Morgan fingerprint density at radius 2 is 2.00 bits per heavy atom. The third kappa shape index (κ3) is 2.58. The number of nitrogens with one attached hydrogen (secondary N) is 1. The Balaban J connectivity index is 1.58. The summed E-state index contributed by atoms with van der Waals surface area (Å²) in [5.74, 6) is 1.06. The van der Waals surface area contributed by atoms with Gasteiger partial charge in [-0.3, -0.25) is 4.68 Å². The van der Waals surface area contributed by atoms with Crippen molar-refractivity contribution < 1.29 is 0 Å². The Kier molecular flexibility index (Phi) is 3.52. The average molecular weight is 269 g/mol. The van der Waals surface area contributed by atoms with Crippen molar-refractivity contribution in [2.45, 2.75) is 13.0 Å². The highest BCUT2D eigenvalue weighted by Crippen LogP contribution is 2.13. The fourth-order valence-electron chi connectivity index (χ4n) is 2.37. The van der Waals surface area contributed by atoms with Gasteiger partial charge in [-0.2, -0.15) is 5.10 Å². The molecule has 3 rings (SSSR count). The summed E-state index contributed by atoms with van der Waals surface area (Å²) in [5, 5.41) is 7.79. The zero-order valence-corrected chi connectivity index (χ0v) is 11.9. The lowest BCUT2D eigenvalue weighted by Gasteiger charge is -2.04. The topological polar surface area (TPSA) is 47.7 Å². The largest absolute Gasteiger partial charge is 0.330 e. The van der Waals surface area contributed by atoms with Crippen molar-refractivity contribution in [2.24, 2.45) is 14.1 Å². The van der Waals surface area contributed by atoms with Crippen LogP contribution in [0.1, 0.15) is 11.5 Å². The summed E-state index contributed by atoms with van der Waals surface area (Å²) in [7, 11) is 4.00. The molecular weight excluding hydrogens is 250 g/mol. The quantitative estimate of drug-likeness (QED) is 0.716. The molecule has 0 spiro atoms. The average Bonchev–Trinajstić information content (AvgIpc) is 3.00. The number of rotatable bonds is 5. The SMILES string of the molecule is Cn1ccc(CCNCc2nc3ccccc3n2C)n1. The molecule has 0 radical (unpaired) electrons. The van der Waals surface area contributed by atoms with Crippen LogP contribution in [0.3, 0.4) is 0 Å². The molecule has 2 heterocycles. The van der Waals surface area contributed by atoms with Crippen molar-refractivity contribution in [2.75, 3.05) is 6.54 Å². The van der Waals surface area contributed by atoms with Crippen LogP contribution in [-0.2, 0) is 27.1 Å². The van der Waals surface area contributed by atoms with Gasteiger partial charge in [0.2, 0.25) is 0 Å². The molecule has 104 valence electrons. The van der Waals surface area contributed by atoms with Crippen LogP contribution in [0.15, 0.2) is 36.5 Å². The maximum Gasteiger partial charge on any atom is 0.123 e. The van der Waals surface area contributed by atoms with Crippen molar-refractivity contribution in [3.05, 3.63) is 48.0 Å². The summed E-state index contributed by atoms with van der Waals surface area (Å²) in [6.07, 6.45) is 2.91. The maximum absolute atomic E-state index is 4.64. The van der Waals surface area contributed by atoms with Crippen LogP contribution < -0.4 is 5.32 Å². The van der Waals surface area contributed by atoms with E-state index in [0.717, 1.165) is 36.5 Å². The fraction of sp³-hybridized carbons (Fsp3) is 0.333. The molecule has 0 aliphatic heterocycles. The highest BCUT2D eigenvalue weighted by molar-refractivity contribution is 5.75. The van der Waals surface area contributed by atoms with Crippen LogP contribution in [0.5, 0.6) is 0 Å². The molecule has 0 unspecified atom stereocenters. The van der Waals surface area contributed by atoms with Crippen LogP contribution >= 0.6 is 0 Å². The number of aryl methyl sites for hydroxylation is 2. The summed E-state index contributed by atoms with van der Waals surface area (Å²) in [5.41, 5.74) is 3.34. The minimum absolute atomic E-state index is 0.776. The monoisotopic (exact) mass is 269 g/mol. The van der Waals surface area contributed by atoms with Crippen LogP contribution in [-0.4, -0.2) is 25.9 Å². The van der Waals surface area contributed by atoms with E-state index in [1.165, 1.54) is 5.52 Å². The van der Waals surface area contributed by atoms with E-state index >= 15 is 0 Å². The molecule has 0 amide bonds. The molecule has 5 heteroatoms. The Labute approximate surface area is 118 Å². The molecule has 20 heavy (non-hydrogen) atoms. The zero-order chi connectivity index (χ0) is 13.9. The number of fused-ring (bicyclic) bond motifs is 1. The number of benzene rings is 1. The third-order valence-electron chi connectivity index (χ3n) is 3.49. The second-order valence-electron chi connectivity index (χ2n) is 4.98. The van der Waals surface area contributed by atoms with E-state index in [9.17, 15) is 0 Å². The van der Waals surface area contributed by atoms with E-state index in [0.29, 0.717) is 0 Å². The Bertz CT molecular complexity index is 710. The van der Waals surface area contributed by atoms with Gasteiger partial charge in [-0.1, -0.05) is 12.1 Å². The van der Waals surface area contributed by atoms with Gasteiger partial charge in [0.1, 0.15) is 5.82 Å². The predicted octanol–water partition coefficient (Wildman–Crippen LogP) is 1.64. The van der Waals surface area contributed by atoms with Crippen LogP contribution in [0.25, 0.3) is 11.0 Å². The van der Waals surface area contributed by atoms with E-state index in [4.69, 9.17) is 0 Å².